The van der Waals surface area contributed by atoms with Gasteiger partial charge in [0, 0.05) is 17.8 Å². The SMILES string of the molecule is Cc1nc2cccc(OCC(C)(C)NC(=O)CCCCCN)c2c(N)c1C. The Bertz CT molecular complexity index is 802. The number of nitrogens with two attached hydrogens (primary N) is 2. The van der Waals surface area contributed by atoms with E-state index in [1.165, 1.54) is 0 Å². The van der Waals surface area contributed by atoms with Crippen LogP contribution in [0.3, 0.4) is 0 Å². The van der Waals surface area contributed by atoms with Crippen LogP contribution in [0.5, 0.6) is 5.75 Å². The van der Waals surface area contributed by atoms with Crippen LogP contribution in [0, 0.1) is 13.8 Å². The van der Waals surface area contributed by atoms with Gasteiger partial charge in [0.1, 0.15) is 12.4 Å². The molecule has 1 aromatic heterocycles. The molecule has 27 heavy (non-hydrogen) atoms. The molecule has 2 rings (SSSR count). The lowest BCUT2D eigenvalue weighted by atomic mass is 10.1. The third-order valence-electron chi connectivity index (χ3n) is 4.68. The summed E-state index contributed by atoms with van der Waals surface area (Å²) in [5.74, 6) is 0.720. The van der Waals surface area contributed by atoms with Crippen LogP contribution < -0.4 is 21.5 Å². The predicted molar refractivity (Wildman–Crippen MR) is 111 cm³/mol. The quantitative estimate of drug-likeness (QED) is 0.586. The molecule has 0 bridgehead atoms. The first-order valence-corrected chi connectivity index (χ1v) is 9.54. The largest absolute Gasteiger partial charge is 0.490 e. The Morgan fingerprint density at radius 3 is 2.67 bits per heavy atom. The molecule has 5 N–H and O–H groups in total. The highest BCUT2D eigenvalue weighted by Gasteiger charge is 2.22. The van der Waals surface area contributed by atoms with E-state index in [0.29, 0.717) is 31.0 Å². The number of hydrogen-bond donors (Lipinski definition) is 3. The zero-order chi connectivity index (χ0) is 20.0. The molecule has 0 aliphatic heterocycles. The fraction of sp³-hybridized carbons (Fsp3) is 0.524. The molecule has 0 aliphatic rings. The maximum atomic E-state index is 12.2. The molecule has 0 saturated carbocycles. The summed E-state index contributed by atoms with van der Waals surface area (Å²) in [6.07, 6.45) is 3.29. The van der Waals surface area contributed by atoms with Crippen molar-refractivity contribution in [3.05, 3.63) is 29.5 Å². The maximum Gasteiger partial charge on any atom is 0.220 e. The molecule has 0 saturated heterocycles. The van der Waals surface area contributed by atoms with Gasteiger partial charge in [-0.2, -0.15) is 0 Å². The number of benzene rings is 1. The molecule has 0 spiro atoms. The summed E-state index contributed by atoms with van der Waals surface area (Å²) in [5.41, 5.74) is 14.7. The number of nitrogen functional groups attached to an aromatic ring is 1. The minimum absolute atomic E-state index is 0.0335. The fourth-order valence-electron chi connectivity index (χ4n) is 2.99. The summed E-state index contributed by atoms with van der Waals surface area (Å²) in [7, 11) is 0. The van der Waals surface area contributed by atoms with Crippen molar-refractivity contribution in [2.24, 2.45) is 5.73 Å². The van der Waals surface area contributed by atoms with E-state index < -0.39 is 5.54 Å². The first-order chi connectivity index (χ1) is 12.7. The number of unbranched alkanes of at least 4 members (excludes halogenated alkanes) is 2. The van der Waals surface area contributed by atoms with E-state index in [2.05, 4.69) is 10.3 Å². The van der Waals surface area contributed by atoms with Crippen molar-refractivity contribution in [1.82, 2.24) is 10.3 Å². The van der Waals surface area contributed by atoms with E-state index in [9.17, 15) is 4.79 Å². The zero-order valence-corrected chi connectivity index (χ0v) is 16.9. The van der Waals surface area contributed by atoms with Gasteiger partial charge < -0.3 is 21.5 Å². The number of nitrogens with one attached hydrogen (secondary N) is 1. The lowest BCUT2D eigenvalue weighted by molar-refractivity contribution is -0.123. The van der Waals surface area contributed by atoms with Gasteiger partial charge in [-0.15, -0.1) is 0 Å². The molecular formula is C21H32N4O2. The van der Waals surface area contributed by atoms with Gasteiger partial charge in [-0.25, -0.2) is 0 Å². The fourth-order valence-corrected chi connectivity index (χ4v) is 2.99. The van der Waals surface area contributed by atoms with Crippen LogP contribution in [0.4, 0.5) is 5.69 Å². The number of ether oxygens (including phenoxy) is 1. The maximum absolute atomic E-state index is 12.2. The summed E-state index contributed by atoms with van der Waals surface area (Å²) in [6.45, 7) is 8.82. The molecule has 2 aromatic rings. The third kappa shape index (κ3) is 5.57. The average Bonchev–Trinajstić information content (AvgIpc) is 2.61. The predicted octanol–water partition coefficient (Wildman–Crippen LogP) is 3.23. The number of carbonyl (C=O) groups excluding carboxylic acids is 1. The van der Waals surface area contributed by atoms with Gasteiger partial charge in [0.25, 0.3) is 0 Å². The highest BCUT2D eigenvalue weighted by molar-refractivity contribution is 5.97. The Kier molecular flexibility index (Phi) is 7.02. The van der Waals surface area contributed by atoms with Crippen molar-refractivity contribution in [1.29, 1.82) is 0 Å². The first-order valence-electron chi connectivity index (χ1n) is 9.54. The van der Waals surface area contributed by atoms with Crippen molar-refractivity contribution in [3.63, 3.8) is 0 Å². The second-order valence-electron chi connectivity index (χ2n) is 7.71. The van der Waals surface area contributed by atoms with E-state index in [1.54, 1.807) is 0 Å². The van der Waals surface area contributed by atoms with Crippen molar-refractivity contribution in [2.45, 2.75) is 58.9 Å². The molecule has 1 heterocycles. The molecule has 6 nitrogen and oxygen atoms in total. The second kappa shape index (κ2) is 9.04. The number of hydrogen-bond acceptors (Lipinski definition) is 5. The second-order valence-corrected chi connectivity index (χ2v) is 7.71. The van der Waals surface area contributed by atoms with Crippen molar-refractivity contribution in [3.8, 4) is 5.75 Å². The van der Waals surface area contributed by atoms with Crippen molar-refractivity contribution < 1.29 is 9.53 Å². The Labute approximate surface area is 161 Å². The molecule has 0 radical (unpaired) electrons. The number of fused-ring (bicyclic) bond motifs is 1. The molecule has 1 aromatic carbocycles. The molecule has 0 atom stereocenters. The molecule has 1 amide bonds. The highest BCUT2D eigenvalue weighted by atomic mass is 16.5. The van der Waals surface area contributed by atoms with E-state index in [0.717, 1.165) is 41.4 Å². The Balaban J connectivity index is 2.05. The molecular weight excluding hydrogens is 340 g/mol. The Hall–Kier alpha value is -2.34. The number of amides is 1. The van der Waals surface area contributed by atoms with Crippen LogP contribution in [0.1, 0.15) is 50.8 Å². The molecule has 0 unspecified atom stereocenters. The normalized spacial score (nSPS) is 11.6. The number of aryl methyl sites for hydroxylation is 1. The standard InChI is InChI=1S/C21H32N4O2/c1-14-15(2)24-16-9-8-10-17(19(16)20(14)23)27-13-21(3,4)25-18(26)11-6-5-7-12-22/h8-10H,5-7,11-13,22H2,1-4H3,(H2,23,24)(H,25,26). The summed E-state index contributed by atoms with van der Waals surface area (Å²) in [6, 6.07) is 5.72. The summed E-state index contributed by atoms with van der Waals surface area (Å²) in [5, 5.41) is 3.87. The number of anilines is 1. The van der Waals surface area contributed by atoms with Crippen molar-refractivity contribution in [2.75, 3.05) is 18.9 Å². The van der Waals surface area contributed by atoms with E-state index >= 15 is 0 Å². The number of pyridine rings is 1. The van der Waals surface area contributed by atoms with Gasteiger partial charge in [0.05, 0.1) is 16.4 Å². The van der Waals surface area contributed by atoms with E-state index in [4.69, 9.17) is 16.2 Å². The van der Waals surface area contributed by atoms with Gasteiger partial charge >= 0.3 is 0 Å². The van der Waals surface area contributed by atoms with Crippen LogP contribution in [-0.4, -0.2) is 29.6 Å². The van der Waals surface area contributed by atoms with E-state index in [1.807, 2.05) is 45.9 Å². The van der Waals surface area contributed by atoms with E-state index in [-0.39, 0.29) is 5.91 Å². The molecule has 6 heteroatoms. The Morgan fingerprint density at radius 2 is 1.96 bits per heavy atom. The molecule has 0 fully saturated rings. The van der Waals surface area contributed by atoms with Gasteiger partial charge in [-0.05, 0) is 64.8 Å². The van der Waals surface area contributed by atoms with Crippen LogP contribution in [0.25, 0.3) is 10.9 Å². The van der Waals surface area contributed by atoms with Crippen LogP contribution in [0.2, 0.25) is 0 Å². The highest BCUT2D eigenvalue weighted by Crippen LogP contribution is 2.33. The smallest absolute Gasteiger partial charge is 0.220 e. The molecule has 0 aliphatic carbocycles. The monoisotopic (exact) mass is 372 g/mol. The van der Waals surface area contributed by atoms with Crippen LogP contribution in [-0.2, 0) is 4.79 Å². The molecule has 148 valence electrons. The summed E-state index contributed by atoms with van der Waals surface area (Å²) in [4.78, 5) is 16.8. The lowest BCUT2D eigenvalue weighted by Crippen LogP contribution is -2.47. The Morgan fingerprint density at radius 1 is 1.22 bits per heavy atom. The zero-order valence-electron chi connectivity index (χ0n) is 16.9. The van der Waals surface area contributed by atoms with Gasteiger partial charge in [0.15, 0.2) is 0 Å². The number of aromatic nitrogens is 1. The van der Waals surface area contributed by atoms with Gasteiger partial charge in [-0.3, -0.25) is 9.78 Å². The average molecular weight is 373 g/mol. The van der Waals surface area contributed by atoms with Crippen LogP contribution >= 0.6 is 0 Å². The first kappa shape index (κ1) is 21.0. The number of carbonyl (C=O) groups is 1. The lowest BCUT2D eigenvalue weighted by Gasteiger charge is -2.27. The third-order valence-corrected chi connectivity index (χ3v) is 4.68. The minimum atomic E-state index is -0.491. The number of rotatable bonds is 9. The number of nitrogens with zero attached hydrogens (tertiary/aromatic N) is 1. The van der Waals surface area contributed by atoms with Gasteiger partial charge in [0.2, 0.25) is 5.91 Å². The van der Waals surface area contributed by atoms with Gasteiger partial charge in [-0.1, -0.05) is 12.5 Å². The topological polar surface area (TPSA) is 103 Å². The van der Waals surface area contributed by atoms with Crippen LogP contribution in [0.15, 0.2) is 18.2 Å². The van der Waals surface area contributed by atoms with Crippen molar-refractivity contribution >= 4 is 22.5 Å². The minimum Gasteiger partial charge on any atom is -0.490 e. The summed E-state index contributed by atoms with van der Waals surface area (Å²) >= 11 is 0. The summed E-state index contributed by atoms with van der Waals surface area (Å²) < 4.78 is 6.05.